The van der Waals surface area contributed by atoms with E-state index >= 15 is 0 Å². The molecule has 2 fully saturated rings. The maximum Gasteiger partial charge on any atom is 0.414 e. The van der Waals surface area contributed by atoms with Crippen molar-refractivity contribution in [1.29, 1.82) is 0 Å². The van der Waals surface area contributed by atoms with Gasteiger partial charge in [-0.25, -0.2) is 19.2 Å². The largest absolute Gasteiger partial charge is 0.449 e. The van der Waals surface area contributed by atoms with Crippen molar-refractivity contribution in [2.45, 2.75) is 25.3 Å². The number of piperidine rings is 1. The first-order chi connectivity index (χ1) is 13.2. The molecule has 4 rings (SSSR count). The van der Waals surface area contributed by atoms with Gasteiger partial charge in [-0.05, 0) is 44.5 Å². The van der Waals surface area contributed by atoms with Crippen LogP contribution in [0.25, 0.3) is 11.3 Å². The molecule has 0 aliphatic carbocycles. The zero-order valence-corrected chi connectivity index (χ0v) is 14.9. The summed E-state index contributed by atoms with van der Waals surface area (Å²) in [5.74, 6) is -0.0784. The Labute approximate surface area is 157 Å². The summed E-state index contributed by atoms with van der Waals surface area (Å²) in [7, 11) is 0. The van der Waals surface area contributed by atoms with Gasteiger partial charge >= 0.3 is 6.09 Å². The van der Waals surface area contributed by atoms with Crippen LogP contribution in [0, 0.1) is 5.82 Å². The Bertz CT molecular complexity index is 825. The highest BCUT2D eigenvalue weighted by atomic mass is 19.1. The summed E-state index contributed by atoms with van der Waals surface area (Å²) >= 11 is 0. The van der Waals surface area contributed by atoms with Crippen molar-refractivity contribution >= 4 is 17.7 Å². The number of anilines is 2. The molecule has 2 aromatic rings. The van der Waals surface area contributed by atoms with Crippen molar-refractivity contribution < 1.29 is 13.9 Å². The predicted molar refractivity (Wildman–Crippen MR) is 100 cm³/mol. The first-order valence-corrected chi connectivity index (χ1v) is 9.25. The van der Waals surface area contributed by atoms with Crippen LogP contribution >= 0.6 is 0 Å². The molecule has 0 radical (unpaired) electrons. The van der Waals surface area contributed by atoms with Crippen LogP contribution < -0.4 is 15.5 Å². The zero-order valence-electron chi connectivity index (χ0n) is 14.9. The van der Waals surface area contributed by atoms with Gasteiger partial charge in [-0.1, -0.05) is 12.1 Å². The number of carbonyl (C=O) groups is 1. The fourth-order valence-electron chi connectivity index (χ4n) is 3.39. The van der Waals surface area contributed by atoms with E-state index in [2.05, 4.69) is 20.6 Å². The molecule has 2 N–H and O–H groups in total. The minimum Gasteiger partial charge on any atom is -0.449 e. The molecular formula is C19H22FN5O2. The minimum absolute atomic E-state index is 0.216. The summed E-state index contributed by atoms with van der Waals surface area (Å²) in [6.07, 6.45) is 3.52. The van der Waals surface area contributed by atoms with Crippen molar-refractivity contribution in [3.63, 3.8) is 0 Å². The third kappa shape index (κ3) is 4.00. The molecule has 142 valence electrons. The fourth-order valence-corrected chi connectivity index (χ4v) is 3.39. The molecule has 0 atom stereocenters. The van der Waals surface area contributed by atoms with Crippen molar-refractivity contribution in [3.8, 4) is 11.3 Å². The van der Waals surface area contributed by atoms with Crippen LogP contribution in [0.2, 0.25) is 0 Å². The molecule has 0 bridgehead atoms. The number of ether oxygens (including phenoxy) is 1. The van der Waals surface area contributed by atoms with E-state index in [4.69, 9.17) is 4.74 Å². The van der Waals surface area contributed by atoms with E-state index in [1.54, 1.807) is 23.1 Å². The number of amides is 1. The van der Waals surface area contributed by atoms with Gasteiger partial charge in [-0.2, -0.15) is 0 Å². The number of hydrogen-bond acceptors (Lipinski definition) is 6. The van der Waals surface area contributed by atoms with Crippen molar-refractivity contribution in [1.82, 2.24) is 15.3 Å². The Balaban J connectivity index is 1.59. The summed E-state index contributed by atoms with van der Waals surface area (Å²) in [6.45, 7) is 2.90. The molecule has 2 saturated heterocycles. The molecule has 1 amide bonds. The van der Waals surface area contributed by atoms with E-state index in [1.807, 2.05) is 6.07 Å². The monoisotopic (exact) mass is 371 g/mol. The Morgan fingerprint density at radius 2 is 2.15 bits per heavy atom. The van der Waals surface area contributed by atoms with E-state index < -0.39 is 5.82 Å². The van der Waals surface area contributed by atoms with E-state index in [9.17, 15) is 9.18 Å². The van der Waals surface area contributed by atoms with Gasteiger partial charge in [-0.15, -0.1) is 0 Å². The second-order valence-corrected chi connectivity index (χ2v) is 6.73. The van der Waals surface area contributed by atoms with Crippen molar-refractivity contribution in [3.05, 3.63) is 36.3 Å². The second kappa shape index (κ2) is 7.87. The predicted octanol–water partition coefficient (Wildman–Crippen LogP) is 2.79. The maximum atomic E-state index is 14.4. The molecule has 0 spiro atoms. The molecule has 8 heteroatoms. The highest BCUT2D eigenvalue weighted by Crippen LogP contribution is 2.27. The maximum absolute atomic E-state index is 14.4. The SMILES string of the molecule is O=C1OCCCN1c1cccc(-c2nc(NC3CCNCC3)ncc2F)c1. The molecule has 2 aliphatic heterocycles. The molecule has 1 aromatic carbocycles. The smallest absolute Gasteiger partial charge is 0.414 e. The molecule has 27 heavy (non-hydrogen) atoms. The van der Waals surface area contributed by atoms with Gasteiger partial charge in [0.2, 0.25) is 5.95 Å². The fraction of sp³-hybridized carbons (Fsp3) is 0.421. The number of halogens is 1. The van der Waals surface area contributed by atoms with Gasteiger partial charge in [0, 0.05) is 23.8 Å². The highest BCUT2D eigenvalue weighted by molar-refractivity contribution is 5.89. The Morgan fingerprint density at radius 1 is 1.30 bits per heavy atom. The van der Waals surface area contributed by atoms with Gasteiger partial charge in [0.25, 0.3) is 0 Å². The van der Waals surface area contributed by atoms with Gasteiger partial charge < -0.3 is 15.4 Å². The lowest BCUT2D eigenvalue weighted by molar-refractivity contribution is 0.140. The Kier molecular flexibility index (Phi) is 5.15. The lowest BCUT2D eigenvalue weighted by Gasteiger charge is -2.26. The topological polar surface area (TPSA) is 79.4 Å². The summed E-state index contributed by atoms with van der Waals surface area (Å²) in [4.78, 5) is 22.0. The van der Waals surface area contributed by atoms with Gasteiger partial charge in [-0.3, -0.25) is 4.90 Å². The number of hydrogen-bond donors (Lipinski definition) is 2. The number of cyclic esters (lactones) is 1. The molecule has 0 saturated carbocycles. The number of nitrogens with zero attached hydrogens (tertiary/aromatic N) is 3. The first kappa shape index (κ1) is 17.7. The van der Waals surface area contributed by atoms with Gasteiger partial charge in [0.1, 0.15) is 5.69 Å². The van der Waals surface area contributed by atoms with Crippen molar-refractivity contribution in [2.24, 2.45) is 0 Å². The van der Waals surface area contributed by atoms with Crippen molar-refractivity contribution in [2.75, 3.05) is 36.5 Å². The number of rotatable bonds is 4. The third-order valence-electron chi connectivity index (χ3n) is 4.82. The molecule has 3 heterocycles. The average molecular weight is 371 g/mol. The molecule has 7 nitrogen and oxygen atoms in total. The normalized spacial score (nSPS) is 18.3. The molecule has 1 aromatic heterocycles. The summed E-state index contributed by atoms with van der Waals surface area (Å²) < 4.78 is 19.5. The third-order valence-corrected chi connectivity index (χ3v) is 4.82. The number of benzene rings is 1. The van der Waals surface area contributed by atoms with E-state index in [1.165, 1.54) is 6.20 Å². The van der Waals surface area contributed by atoms with Crippen LogP contribution in [0.4, 0.5) is 20.8 Å². The quantitative estimate of drug-likeness (QED) is 0.860. The Morgan fingerprint density at radius 3 is 2.96 bits per heavy atom. The van der Waals surface area contributed by atoms with E-state index in [0.717, 1.165) is 32.4 Å². The summed E-state index contributed by atoms with van der Waals surface area (Å²) in [6, 6.07) is 7.40. The first-order valence-electron chi connectivity index (χ1n) is 9.25. The van der Waals surface area contributed by atoms with Gasteiger partial charge in [0.15, 0.2) is 5.82 Å². The Hall–Kier alpha value is -2.74. The van der Waals surface area contributed by atoms with Crippen LogP contribution in [0.5, 0.6) is 0 Å². The molecule has 2 aliphatic rings. The number of nitrogens with one attached hydrogen (secondary N) is 2. The lowest BCUT2D eigenvalue weighted by atomic mass is 10.1. The van der Waals surface area contributed by atoms with E-state index in [-0.39, 0.29) is 17.8 Å². The summed E-state index contributed by atoms with van der Waals surface area (Å²) in [5, 5.41) is 6.59. The number of aromatic nitrogens is 2. The summed E-state index contributed by atoms with van der Waals surface area (Å²) in [5.41, 5.74) is 1.48. The number of carbonyl (C=O) groups excluding carboxylic acids is 1. The highest BCUT2D eigenvalue weighted by Gasteiger charge is 2.22. The molecular weight excluding hydrogens is 349 g/mol. The zero-order chi connectivity index (χ0) is 18.6. The van der Waals surface area contributed by atoms with E-state index in [0.29, 0.717) is 30.4 Å². The molecule has 0 unspecified atom stereocenters. The van der Waals surface area contributed by atoms with Crippen LogP contribution in [-0.4, -0.2) is 48.3 Å². The second-order valence-electron chi connectivity index (χ2n) is 6.73. The van der Waals surface area contributed by atoms with Gasteiger partial charge in [0.05, 0.1) is 12.8 Å². The lowest BCUT2D eigenvalue weighted by Crippen LogP contribution is -2.37. The van der Waals surface area contributed by atoms with Crippen LogP contribution in [0.3, 0.4) is 0 Å². The van der Waals surface area contributed by atoms with Crippen LogP contribution in [0.15, 0.2) is 30.5 Å². The van der Waals surface area contributed by atoms with Crippen LogP contribution in [0.1, 0.15) is 19.3 Å². The van der Waals surface area contributed by atoms with Crippen LogP contribution in [-0.2, 0) is 4.74 Å². The average Bonchev–Trinajstić information content (AvgIpc) is 2.71. The minimum atomic E-state index is -0.496. The standard InChI is InChI=1S/C19H22FN5O2/c20-16-12-22-18(23-14-5-7-21-8-6-14)24-17(16)13-3-1-4-15(11-13)25-9-2-10-27-19(25)26/h1,3-4,11-12,14,21H,2,5-10H2,(H,22,23,24).